The zero-order valence-corrected chi connectivity index (χ0v) is 20.7. The third-order valence-corrected chi connectivity index (χ3v) is 11.2. The van der Waals surface area contributed by atoms with Crippen LogP contribution in [0.4, 0.5) is 0 Å². The Balaban J connectivity index is 1.89. The van der Waals surface area contributed by atoms with Crippen molar-refractivity contribution in [1.82, 2.24) is 0 Å². The Labute approximate surface area is 189 Å². The molecule has 1 heterocycles. The first kappa shape index (κ1) is 22.0. The molecule has 1 unspecified atom stereocenters. The molecule has 1 aliphatic heterocycles. The fourth-order valence-electron chi connectivity index (χ4n) is 4.43. The number of ether oxygens (including phenoxy) is 1. The van der Waals surface area contributed by atoms with E-state index in [1.807, 2.05) is 0 Å². The van der Waals surface area contributed by atoms with Crippen molar-refractivity contribution < 1.29 is 4.74 Å². The Hall–Kier alpha value is -2.17. The summed E-state index contributed by atoms with van der Waals surface area (Å²) in [4.78, 5) is 0. The van der Waals surface area contributed by atoms with E-state index in [0.717, 1.165) is 19.3 Å². The molecule has 3 heteroatoms. The Kier molecular flexibility index (Phi) is 6.78. The highest BCUT2D eigenvalue weighted by Gasteiger charge is 2.54. The van der Waals surface area contributed by atoms with Gasteiger partial charge in [0.05, 0.1) is 0 Å². The number of benzene rings is 3. The van der Waals surface area contributed by atoms with Gasteiger partial charge in [-0.05, 0) is 49.2 Å². The minimum absolute atomic E-state index is 0.0287. The van der Waals surface area contributed by atoms with Gasteiger partial charge in [0.2, 0.25) is 0 Å². The molecular weight excluding hydrogens is 411 g/mol. The molecule has 0 aromatic heterocycles. The predicted octanol–water partition coefficient (Wildman–Crippen LogP) is 5.76. The standard InChI is InChI=1S/C28H32OPSi/c1-31(2,3)23-22-24-14-13-21-28(29-24)30(25-15-7-4-8-16-25,26-17-9-5-10-18-26)27-19-11-6-12-20-27/h4-12,15-20,24,28H,13-14,21H2,1-3H3/q+1/t24-,28?/m1/s1. The van der Waals surface area contributed by atoms with Crippen LogP contribution in [0.15, 0.2) is 91.0 Å². The molecule has 3 aromatic carbocycles. The van der Waals surface area contributed by atoms with E-state index < -0.39 is 15.3 Å². The van der Waals surface area contributed by atoms with E-state index >= 15 is 0 Å². The zero-order valence-electron chi connectivity index (χ0n) is 18.8. The Morgan fingerprint density at radius 2 is 1.16 bits per heavy atom. The summed E-state index contributed by atoms with van der Waals surface area (Å²) >= 11 is 0. The maximum atomic E-state index is 6.91. The molecule has 0 spiro atoms. The van der Waals surface area contributed by atoms with Gasteiger partial charge < -0.3 is 4.74 Å². The van der Waals surface area contributed by atoms with Gasteiger partial charge in [0.1, 0.15) is 37.4 Å². The SMILES string of the molecule is C[Si](C)(C)C#C[C@H]1CCCC([P+](c2ccccc2)(c2ccccc2)c2ccccc2)O1. The fourth-order valence-corrected chi connectivity index (χ4v) is 9.74. The second-order valence-electron chi connectivity index (χ2n) is 9.26. The first-order valence-corrected chi connectivity index (χ1v) is 16.6. The van der Waals surface area contributed by atoms with Crippen LogP contribution in [-0.2, 0) is 4.74 Å². The van der Waals surface area contributed by atoms with Gasteiger partial charge in [-0.2, -0.15) is 0 Å². The Morgan fingerprint density at radius 3 is 1.58 bits per heavy atom. The molecule has 0 radical (unpaired) electrons. The van der Waals surface area contributed by atoms with E-state index in [-0.39, 0.29) is 11.9 Å². The number of rotatable bonds is 4. The molecule has 31 heavy (non-hydrogen) atoms. The predicted molar refractivity (Wildman–Crippen MR) is 139 cm³/mol. The summed E-state index contributed by atoms with van der Waals surface area (Å²) in [6.45, 7) is 6.90. The largest absolute Gasteiger partial charge is 0.327 e. The van der Waals surface area contributed by atoms with Crippen LogP contribution in [0, 0.1) is 11.5 Å². The van der Waals surface area contributed by atoms with Crippen LogP contribution < -0.4 is 15.9 Å². The lowest BCUT2D eigenvalue weighted by molar-refractivity contribution is 0.0273. The highest BCUT2D eigenvalue weighted by Crippen LogP contribution is 2.62. The second-order valence-corrected chi connectivity index (χ2v) is 17.6. The van der Waals surface area contributed by atoms with Crippen LogP contribution in [0.25, 0.3) is 0 Å². The maximum Gasteiger partial charge on any atom is 0.182 e. The van der Waals surface area contributed by atoms with Gasteiger partial charge in [0, 0.05) is 6.42 Å². The minimum Gasteiger partial charge on any atom is -0.327 e. The molecule has 0 N–H and O–H groups in total. The molecule has 3 aromatic rings. The zero-order chi connectivity index (χ0) is 21.7. The van der Waals surface area contributed by atoms with Crippen LogP contribution in [0.1, 0.15) is 19.3 Å². The molecular formula is C28H32OPSi+. The lowest BCUT2D eigenvalue weighted by Crippen LogP contribution is -2.43. The molecule has 1 saturated heterocycles. The maximum absolute atomic E-state index is 6.91. The highest BCUT2D eigenvalue weighted by atomic mass is 31.2. The average Bonchev–Trinajstić information content (AvgIpc) is 2.80. The summed E-state index contributed by atoms with van der Waals surface area (Å²) in [7, 11) is -3.44. The minimum atomic E-state index is -2.01. The summed E-state index contributed by atoms with van der Waals surface area (Å²) in [5.74, 6) is 3.66. The first-order valence-electron chi connectivity index (χ1n) is 11.2. The van der Waals surface area contributed by atoms with E-state index in [0.29, 0.717) is 0 Å². The van der Waals surface area contributed by atoms with E-state index in [1.165, 1.54) is 15.9 Å². The number of hydrogen-bond acceptors (Lipinski definition) is 1. The van der Waals surface area contributed by atoms with Crippen LogP contribution >= 0.6 is 7.26 Å². The van der Waals surface area contributed by atoms with E-state index in [2.05, 4.69) is 122 Å². The monoisotopic (exact) mass is 443 g/mol. The lowest BCUT2D eigenvalue weighted by atomic mass is 10.1. The average molecular weight is 444 g/mol. The van der Waals surface area contributed by atoms with Gasteiger partial charge in [-0.1, -0.05) is 80.2 Å². The molecule has 0 aliphatic carbocycles. The first-order chi connectivity index (χ1) is 15.0. The molecule has 1 nitrogen and oxygen atoms in total. The molecule has 4 rings (SSSR count). The van der Waals surface area contributed by atoms with Gasteiger partial charge >= 0.3 is 0 Å². The van der Waals surface area contributed by atoms with E-state index in [9.17, 15) is 0 Å². The smallest absolute Gasteiger partial charge is 0.182 e. The van der Waals surface area contributed by atoms with Gasteiger partial charge in [-0.15, -0.1) is 5.54 Å². The van der Waals surface area contributed by atoms with E-state index in [1.54, 1.807) is 0 Å². The van der Waals surface area contributed by atoms with Crippen LogP contribution in [0.3, 0.4) is 0 Å². The number of hydrogen-bond donors (Lipinski definition) is 0. The highest BCUT2D eigenvalue weighted by molar-refractivity contribution is 7.96. The Morgan fingerprint density at radius 1 is 0.710 bits per heavy atom. The summed E-state index contributed by atoms with van der Waals surface area (Å²) in [5, 5.41) is 4.16. The van der Waals surface area contributed by atoms with Crippen molar-refractivity contribution in [1.29, 1.82) is 0 Å². The van der Waals surface area contributed by atoms with Crippen molar-refractivity contribution in [2.24, 2.45) is 0 Å². The topological polar surface area (TPSA) is 9.23 Å². The Bertz CT molecular complexity index is 936. The van der Waals surface area contributed by atoms with Crippen molar-refractivity contribution in [2.45, 2.75) is 50.9 Å². The molecule has 158 valence electrons. The summed E-state index contributed by atoms with van der Waals surface area (Å²) in [5.41, 5.74) is 3.56. The third-order valence-electron chi connectivity index (χ3n) is 5.77. The van der Waals surface area contributed by atoms with Crippen LogP contribution in [-0.4, -0.2) is 20.0 Å². The third kappa shape index (κ3) is 4.86. The lowest BCUT2D eigenvalue weighted by Gasteiger charge is -2.38. The van der Waals surface area contributed by atoms with E-state index in [4.69, 9.17) is 4.74 Å². The summed E-state index contributed by atoms with van der Waals surface area (Å²) < 4.78 is 6.91. The fraction of sp³-hybridized carbons (Fsp3) is 0.286. The normalized spacial score (nSPS) is 19.3. The van der Waals surface area contributed by atoms with Gasteiger partial charge in [0.25, 0.3) is 0 Å². The molecule has 0 bridgehead atoms. The summed E-state index contributed by atoms with van der Waals surface area (Å²) in [6, 6.07) is 33.1. The molecule has 2 atom stereocenters. The molecule has 1 fully saturated rings. The quantitative estimate of drug-likeness (QED) is 0.283. The second kappa shape index (κ2) is 9.54. The molecule has 1 aliphatic rings. The van der Waals surface area contributed by atoms with Crippen molar-refractivity contribution in [3.05, 3.63) is 91.0 Å². The van der Waals surface area contributed by atoms with Gasteiger partial charge in [0.15, 0.2) is 5.85 Å². The van der Waals surface area contributed by atoms with Crippen molar-refractivity contribution >= 4 is 31.2 Å². The van der Waals surface area contributed by atoms with Crippen LogP contribution in [0.2, 0.25) is 19.6 Å². The van der Waals surface area contributed by atoms with Crippen LogP contribution in [0.5, 0.6) is 0 Å². The van der Waals surface area contributed by atoms with Gasteiger partial charge in [-0.25, -0.2) is 0 Å². The van der Waals surface area contributed by atoms with Crippen molar-refractivity contribution in [3.63, 3.8) is 0 Å². The van der Waals surface area contributed by atoms with Crippen molar-refractivity contribution in [3.8, 4) is 11.5 Å². The molecule has 0 saturated carbocycles. The van der Waals surface area contributed by atoms with Crippen molar-refractivity contribution in [2.75, 3.05) is 0 Å². The van der Waals surface area contributed by atoms with Gasteiger partial charge in [-0.3, -0.25) is 0 Å². The molecule has 0 amide bonds. The summed E-state index contributed by atoms with van der Waals surface area (Å²) in [6.07, 6.45) is 3.29.